The molecule has 1 saturated carbocycles. The maximum Gasteiger partial charge on any atom is 0.326 e. The first-order valence-corrected chi connectivity index (χ1v) is 13.7. The van der Waals surface area contributed by atoms with E-state index in [1.165, 1.54) is 0 Å². The van der Waals surface area contributed by atoms with Gasteiger partial charge < -0.3 is 10.2 Å². The lowest BCUT2D eigenvalue weighted by Gasteiger charge is -2.30. The second kappa shape index (κ2) is 8.48. The highest BCUT2D eigenvalue weighted by atomic mass is 32.2. The van der Waals surface area contributed by atoms with Crippen LogP contribution in [0, 0.1) is 13.8 Å². The minimum absolute atomic E-state index is 0.0276. The number of urea groups is 1. The molecule has 0 bridgehead atoms. The summed E-state index contributed by atoms with van der Waals surface area (Å²) >= 11 is 0. The van der Waals surface area contributed by atoms with Crippen LogP contribution in [0.15, 0.2) is 48.5 Å². The zero-order chi connectivity index (χ0) is 25.0. The van der Waals surface area contributed by atoms with Gasteiger partial charge in [-0.3, -0.25) is 14.5 Å². The third-order valence-corrected chi connectivity index (χ3v) is 9.13. The van der Waals surface area contributed by atoms with E-state index >= 15 is 0 Å². The third kappa shape index (κ3) is 4.11. The van der Waals surface area contributed by atoms with Crippen molar-refractivity contribution in [3.05, 3.63) is 70.8 Å². The summed E-state index contributed by atoms with van der Waals surface area (Å²) < 4.78 is 24.1. The SMILES string of the molecule is Cc1ccc([C@@]2(c3ccccc3)NC(=O)N(CC(=O)N(C3CC3)[C@H]3CCS(=O)(=O)C3)C2=O)cc1C. The zero-order valence-corrected chi connectivity index (χ0v) is 20.7. The van der Waals surface area contributed by atoms with Crippen molar-refractivity contribution in [1.29, 1.82) is 0 Å². The minimum atomic E-state index is -3.18. The Kier molecular flexibility index (Phi) is 5.70. The highest BCUT2D eigenvalue weighted by molar-refractivity contribution is 7.91. The summed E-state index contributed by atoms with van der Waals surface area (Å²) in [6.07, 6.45) is 2.00. The second-order valence-corrected chi connectivity index (χ2v) is 12.1. The lowest BCUT2D eigenvalue weighted by molar-refractivity contribution is -0.140. The van der Waals surface area contributed by atoms with Gasteiger partial charge in [-0.2, -0.15) is 0 Å². The van der Waals surface area contributed by atoms with Crippen LogP contribution >= 0.6 is 0 Å². The molecule has 0 unspecified atom stereocenters. The monoisotopic (exact) mass is 495 g/mol. The topological polar surface area (TPSA) is 104 Å². The number of hydrogen-bond donors (Lipinski definition) is 1. The Morgan fingerprint density at radius 2 is 1.71 bits per heavy atom. The van der Waals surface area contributed by atoms with Crippen LogP contribution in [0.2, 0.25) is 0 Å². The number of carbonyl (C=O) groups excluding carboxylic acids is 3. The van der Waals surface area contributed by atoms with E-state index < -0.39 is 39.9 Å². The second-order valence-electron chi connectivity index (χ2n) is 9.83. The van der Waals surface area contributed by atoms with E-state index in [2.05, 4.69) is 5.32 Å². The highest BCUT2D eigenvalue weighted by Crippen LogP contribution is 2.38. The summed E-state index contributed by atoms with van der Waals surface area (Å²) in [6.45, 7) is 3.50. The van der Waals surface area contributed by atoms with Gasteiger partial charge in [-0.25, -0.2) is 13.2 Å². The number of nitrogens with one attached hydrogen (secondary N) is 1. The molecule has 0 spiro atoms. The van der Waals surface area contributed by atoms with Gasteiger partial charge in [0.25, 0.3) is 5.91 Å². The molecule has 3 aliphatic rings. The van der Waals surface area contributed by atoms with E-state index in [-0.39, 0.29) is 23.5 Å². The predicted molar refractivity (Wildman–Crippen MR) is 130 cm³/mol. The molecule has 0 radical (unpaired) electrons. The maximum absolute atomic E-state index is 14.0. The number of nitrogens with zero attached hydrogens (tertiary/aromatic N) is 2. The number of sulfone groups is 1. The lowest BCUT2D eigenvalue weighted by atomic mass is 9.81. The van der Waals surface area contributed by atoms with Gasteiger partial charge in [-0.1, -0.05) is 48.5 Å². The van der Waals surface area contributed by atoms with Gasteiger partial charge in [0, 0.05) is 12.1 Å². The van der Waals surface area contributed by atoms with Crippen LogP contribution in [0.25, 0.3) is 0 Å². The summed E-state index contributed by atoms with van der Waals surface area (Å²) in [4.78, 5) is 43.2. The van der Waals surface area contributed by atoms with Crippen molar-refractivity contribution in [3.8, 4) is 0 Å². The van der Waals surface area contributed by atoms with Crippen molar-refractivity contribution < 1.29 is 22.8 Å². The van der Waals surface area contributed by atoms with E-state index in [0.29, 0.717) is 17.5 Å². The Morgan fingerprint density at radius 3 is 2.31 bits per heavy atom. The van der Waals surface area contributed by atoms with Crippen molar-refractivity contribution >= 4 is 27.7 Å². The first-order valence-electron chi connectivity index (χ1n) is 11.9. The number of rotatable bonds is 6. The molecule has 3 fully saturated rings. The molecule has 8 nitrogen and oxygen atoms in total. The summed E-state index contributed by atoms with van der Waals surface area (Å²) in [5.41, 5.74) is 1.83. The molecule has 1 aliphatic carbocycles. The van der Waals surface area contributed by atoms with Gasteiger partial charge in [-0.05, 0) is 55.4 Å². The van der Waals surface area contributed by atoms with Crippen molar-refractivity contribution in [2.24, 2.45) is 0 Å². The van der Waals surface area contributed by atoms with Gasteiger partial charge >= 0.3 is 6.03 Å². The number of aryl methyl sites for hydroxylation is 2. The molecule has 4 amide bonds. The molecule has 1 N–H and O–H groups in total. The summed E-state index contributed by atoms with van der Waals surface area (Å²) in [5.74, 6) is -0.908. The average molecular weight is 496 g/mol. The van der Waals surface area contributed by atoms with Crippen LogP contribution < -0.4 is 5.32 Å². The Balaban J connectivity index is 1.48. The van der Waals surface area contributed by atoms with Crippen LogP contribution in [-0.4, -0.2) is 66.2 Å². The molecule has 2 saturated heterocycles. The first-order chi connectivity index (χ1) is 16.6. The standard InChI is InChI=1S/C26H29N3O5S/c1-17-8-9-20(14-18(17)2)26(19-6-4-3-5-7-19)24(31)28(25(32)27-26)15-23(30)29(21-10-11-21)22-12-13-35(33,34)16-22/h3-9,14,21-22H,10-13,15-16H2,1-2H3,(H,27,32)/t22-,26+/m0/s1. The molecule has 2 heterocycles. The lowest BCUT2D eigenvalue weighted by Crippen LogP contribution is -2.49. The van der Waals surface area contributed by atoms with Crippen LogP contribution in [-0.2, 0) is 25.0 Å². The maximum atomic E-state index is 14.0. The van der Waals surface area contributed by atoms with Gasteiger partial charge in [0.1, 0.15) is 6.54 Å². The molecule has 2 aromatic carbocycles. The van der Waals surface area contributed by atoms with Gasteiger partial charge in [-0.15, -0.1) is 0 Å². The van der Waals surface area contributed by atoms with E-state index in [1.54, 1.807) is 29.2 Å². The van der Waals surface area contributed by atoms with Crippen molar-refractivity contribution in [2.75, 3.05) is 18.1 Å². The van der Waals surface area contributed by atoms with E-state index in [1.807, 2.05) is 38.1 Å². The average Bonchev–Trinajstić information content (AvgIpc) is 3.54. The molecule has 9 heteroatoms. The number of hydrogen-bond acceptors (Lipinski definition) is 5. The van der Waals surface area contributed by atoms with Crippen LogP contribution in [0.1, 0.15) is 41.5 Å². The zero-order valence-electron chi connectivity index (χ0n) is 19.9. The predicted octanol–water partition coefficient (Wildman–Crippen LogP) is 2.28. The Bertz CT molecular complexity index is 1310. The molecule has 2 atom stereocenters. The Labute approximate surface area is 205 Å². The van der Waals surface area contributed by atoms with Crippen LogP contribution in [0.4, 0.5) is 4.79 Å². The number of benzene rings is 2. The smallest absolute Gasteiger partial charge is 0.326 e. The summed E-state index contributed by atoms with van der Waals surface area (Å²) in [7, 11) is -3.18. The highest BCUT2D eigenvalue weighted by Gasteiger charge is 2.55. The quantitative estimate of drug-likeness (QED) is 0.620. The molecule has 184 valence electrons. The molecule has 0 aromatic heterocycles. The Hall–Kier alpha value is -3.20. The molecule has 2 aromatic rings. The van der Waals surface area contributed by atoms with Gasteiger partial charge in [0.2, 0.25) is 5.91 Å². The fourth-order valence-electron chi connectivity index (χ4n) is 5.21. The number of carbonyl (C=O) groups is 3. The molecule has 5 rings (SSSR count). The van der Waals surface area contributed by atoms with Crippen molar-refractivity contribution in [2.45, 2.75) is 50.7 Å². The number of imide groups is 1. The largest absolute Gasteiger partial charge is 0.334 e. The van der Waals surface area contributed by atoms with Gasteiger partial charge in [0.15, 0.2) is 15.4 Å². The fraction of sp³-hybridized carbons (Fsp3) is 0.423. The molecule has 35 heavy (non-hydrogen) atoms. The fourth-order valence-corrected chi connectivity index (χ4v) is 6.92. The molecular weight excluding hydrogens is 466 g/mol. The Morgan fingerprint density at radius 1 is 1.00 bits per heavy atom. The van der Waals surface area contributed by atoms with Crippen LogP contribution in [0.5, 0.6) is 0 Å². The van der Waals surface area contributed by atoms with Crippen LogP contribution in [0.3, 0.4) is 0 Å². The van der Waals surface area contributed by atoms with Crippen molar-refractivity contribution in [3.63, 3.8) is 0 Å². The summed E-state index contributed by atoms with van der Waals surface area (Å²) in [6, 6.07) is 13.6. The van der Waals surface area contributed by atoms with E-state index in [0.717, 1.165) is 28.9 Å². The first kappa shape index (κ1) is 23.5. The van der Waals surface area contributed by atoms with Crippen molar-refractivity contribution in [1.82, 2.24) is 15.1 Å². The van der Waals surface area contributed by atoms with E-state index in [4.69, 9.17) is 0 Å². The van der Waals surface area contributed by atoms with Gasteiger partial charge in [0.05, 0.1) is 11.5 Å². The molecular formula is C26H29N3O5S. The minimum Gasteiger partial charge on any atom is -0.334 e. The van der Waals surface area contributed by atoms with E-state index in [9.17, 15) is 22.8 Å². The summed E-state index contributed by atoms with van der Waals surface area (Å²) in [5, 5.41) is 2.89. The third-order valence-electron chi connectivity index (χ3n) is 7.38. The normalized spacial score (nSPS) is 25.5. The molecule has 2 aliphatic heterocycles. The number of amides is 4.